The number of pyridine rings is 1. The van der Waals surface area contributed by atoms with Crippen molar-refractivity contribution >= 4 is 5.82 Å². The molecule has 1 aromatic rings. The second-order valence-corrected chi connectivity index (χ2v) is 3.69. The Bertz CT molecular complexity index is 292. The highest BCUT2D eigenvalue weighted by atomic mass is 15.0. The predicted molar refractivity (Wildman–Crippen MR) is 58.4 cm³/mol. The van der Waals surface area contributed by atoms with Crippen molar-refractivity contribution in [3.05, 3.63) is 23.9 Å². The number of nitrogens with zero attached hydrogens (tertiary/aromatic N) is 1. The molecule has 0 spiro atoms. The molecule has 3 nitrogen and oxygen atoms in total. The molecule has 0 bridgehead atoms. The first-order valence-electron chi connectivity index (χ1n) is 5.28. The topological polar surface area (TPSA) is 37.0 Å². The Morgan fingerprint density at radius 2 is 2.43 bits per heavy atom. The van der Waals surface area contributed by atoms with Crippen molar-refractivity contribution in [3.8, 4) is 0 Å². The third kappa shape index (κ3) is 1.87. The molecule has 0 aliphatic carbocycles. The van der Waals surface area contributed by atoms with Crippen LogP contribution in [-0.4, -0.2) is 18.6 Å². The Morgan fingerprint density at radius 3 is 3.14 bits per heavy atom. The highest BCUT2D eigenvalue weighted by molar-refractivity contribution is 5.45. The molecule has 0 unspecified atom stereocenters. The summed E-state index contributed by atoms with van der Waals surface area (Å²) in [4.78, 5) is 4.32. The van der Waals surface area contributed by atoms with Gasteiger partial charge in [-0.1, -0.05) is 12.5 Å². The molecule has 2 N–H and O–H groups in total. The fourth-order valence-corrected chi connectivity index (χ4v) is 2.03. The van der Waals surface area contributed by atoms with E-state index in [-0.39, 0.29) is 0 Å². The van der Waals surface area contributed by atoms with Gasteiger partial charge in [0, 0.05) is 24.8 Å². The van der Waals surface area contributed by atoms with Crippen molar-refractivity contribution in [2.45, 2.75) is 25.3 Å². The Morgan fingerprint density at radius 1 is 1.50 bits per heavy atom. The zero-order valence-electron chi connectivity index (χ0n) is 8.59. The number of hydrogen-bond donors (Lipinski definition) is 2. The first-order chi connectivity index (χ1) is 6.92. The summed E-state index contributed by atoms with van der Waals surface area (Å²) < 4.78 is 0. The number of nitrogens with one attached hydrogen (secondary N) is 2. The third-order valence-electron chi connectivity index (χ3n) is 2.76. The van der Waals surface area contributed by atoms with Crippen LogP contribution in [0.5, 0.6) is 0 Å². The summed E-state index contributed by atoms with van der Waals surface area (Å²) in [5, 5.41) is 6.67. The Hall–Kier alpha value is -1.09. The molecule has 1 saturated heterocycles. The second kappa shape index (κ2) is 4.42. The minimum absolute atomic E-state index is 0.486. The zero-order chi connectivity index (χ0) is 9.80. The molecule has 14 heavy (non-hydrogen) atoms. The fourth-order valence-electron chi connectivity index (χ4n) is 2.03. The van der Waals surface area contributed by atoms with E-state index < -0.39 is 0 Å². The number of anilines is 1. The standard InChI is InChI=1S/C11H17N3/c1-12-11-9(5-4-8-14-11)10-6-2-3-7-13-10/h4-5,8,10,13H,2-3,6-7H2,1H3,(H,12,14)/t10-/m1/s1. The van der Waals surface area contributed by atoms with E-state index in [4.69, 9.17) is 0 Å². The Kier molecular flexibility index (Phi) is 2.99. The normalized spacial score (nSPS) is 21.9. The average molecular weight is 191 g/mol. The Labute approximate surface area is 84.9 Å². The van der Waals surface area contributed by atoms with E-state index in [1.165, 1.54) is 24.8 Å². The average Bonchev–Trinajstić information content (AvgIpc) is 2.30. The molecule has 1 atom stereocenters. The molecular formula is C11H17N3. The summed E-state index contributed by atoms with van der Waals surface area (Å²) in [6, 6.07) is 4.65. The van der Waals surface area contributed by atoms with Crippen LogP contribution in [0.1, 0.15) is 30.9 Å². The molecule has 1 aromatic heterocycles. The van der Waals surface area contributed by atoms with E-state index in [9.17, 15) is 0 Å². The SMILES string of the molecule is CNc1ncccc1[C@H]1CCCCN1. The van der Waals surface area contributed by atoms with Gasteiger partial charge in [-0.3, -0.25) is 0 Å². The highest BCUT2D eigenvalue weighted by Crippen LogP contribution is 2.26. The van der Waals surface area contributed by atoms with Crippen LogP contribution in [0.25, 0.3) is 0 Å². The zero-order valence-corrected chi connectivity index (χ0v) is 8.59. The van der Waals surface area contributed by atoms with E-state index in [2.05, 4.69) is 21.7 Å². The summed E-state index contributed by atoms with van der Waals surface area (Å²) >= 11 is 0. The van der Waals surface area contributed by atoms with Crippen molar-refractivity contribution in [1.29, 1.82) is 0 Å². The van der Waals surface area contributed by atoms with Crippen LogP contribution in [-0.2, 0) is 0 Å². The lowest BCUT2D eigenvalue weighted by atomic mass is 9.98. The van der Waals surface area contributed by atoms with Gasteiger partial charge >= 0.3 is 0 Å². The molecule has 1 fully saturated rings. The van der Waals surface area contributed by atoms with E-state index in [1.54, 1.807) is 0 Å². The van der Waals surface area contributed by atoms with E-state index in [0.29, 0.717) is 6.04 Å². The molecule has 1 aliphatic heterocycles. The summed E-state index contributed by atoms with van der Waals surface area (Å²) in [5.74, 6) is 1.01. The molecule has 0 saturated carbocycles. The van der Waals surface area contributed by atoms with Gasteiger partial charge in [0.2, 0.25) is 0 Å². The van der Waals surface area contributed by atoms with Crippen molar-refractivity contribution in [2.24, 2.45) is 0 Å². The van der Waals surface area contributed by atoms with Gasteiger partial charge in [-0.2, -0.15) is 0 Å². The van der Waals surface area contributed by atoms with Gasteiger partial charge in [-0.05, 0) is 25.5 Å². The number of aromatic nitrogens is 1. The third-order valence-corrected chi connectivity index (χ3v) is 2.76. The first kappa shape index (κ1) is 9.46. The van der Waals surface area contributed by atoms with Gasteiger partial charge in [0.15, 0.2) is 0 Å². The fraction of sp³-hybridized carbons (Fsp3) is 0.545. The number of piperidine rings is 1. The van der Waals surface area contributed by atoms with Gasteiger partial charge in [-0.25, -0.2) is 4.98 Å². The van der Waals surface area contributed by atoms with Crippen LogP contribution in [0.2, 0.25) is 0 Å². The first-order valence-corrected chi connectivity index (χ1v) is 5.28. The predicted octanol–water partition coefficient (Wildman–Crippen LogP) is 1.94. The summed E-state index contributed by atoms with van der Waals surface area (Å²) in [6.45, 7) is 1.13. The van der Waals surface area contributed by atoms with Crippen LogP contribution < -0.4 is 10.6 Å². The summed E-state index contributed by atoms with van der Waals surface area (Å²) in [7, 11) is 1.93. The maximum atomic E-state index is 4.32. The van der Waals surface area contributed by atoms with Gasteiger partial charge in [0.1, 0.15) is 5.82 Å². The van der Waals surface area contributed by atoms with Gasteiger partial charge in [-0.15, -0.1) is 0 Å². The lowest BCUT2D eigenvalue weighted by Gasteiger charge is -2.25. The quantitative estimate of drug-likeness (QED) is 0.750. The lowest BCUT2D eigenvalue weighted by molar-refractivity contribution is 0.412. The maximum absolute atomic E-state index is 4.32. The smallest absolute Gasteiger partial charge is 0.130 e. The van der Waals surface area contributed by atoms with Crippen molar-refractivity contribution in [3.63, 3.8) is 0 Å². The monoisotopic (exact) mass is 191 g/mol. The molecule has 0 radical (unpaired) electrons. The van der Waals surface area contributed by atoms with E-state index >= 15 is 0 Å². The molecular weight excluding hydrogens is 174 g/mol. The van der Waals surface area contributed by atoms with E-state index in [0.717, 1.165) is 12.4 Å². The maximum Gasteiger partial charge on any atom is 0.130 e. The van der Waals surface area contributed by atoms with Crippen LogP contribution in [0, 0.1) is 0 Å². The molecule has 1 aliphatic rings. The minimum Gasteiger partial charge on any atom is -0.373 e. The Balaban J connectivity index is 2.20. The minimum atomic E-state index is 0.486. The lowest BCUT2D eigenvalue weighted by Crippen LogP contribution is -2.27. The molecule has 76 valence electrons. The molecule has 3 heteroatoms. The number of hydrogen-bond acceptors (Lipinski definition) is 3. The van der Waals surface area contributed by atoms with Crippen molar-refractivity contribution in [2.75, 3.05) is 18.9 Å². The van der Waals surface area contributed by atoms with Crippen LogP contribution in [0.3, 0.4) is 0 Å². The summed E-state index contributed by atoms with van der Waals surface area (Å²) in [6.07, 6.45) is 5.67. The van der Waals surface area contributed by atoms with Crippen LogP contribution >= 0.6 is 0 Å². The van der Waals surface area contributed by atoms with Crippen molar-refractivity contribution in [1.82, 2.24) is 10.3 Å². The molecule has 2 heterocycles. The van der Waals surface area contributed by atoms with Gasteiger partial charge in [0.05, 0.1) is 0 Å². The van der Waals surface area contributed by atoms with Crippen LogP contribution in [0.4, 0.5) is 5.82 Å². The summed E-state index contributed by atoms with van der Waals surface area (Å²) in [5.41, 5.74) is 1.30. The van der Waals surface area contributed by atoms with Gasteiger partial charge in [0.25, 0.3) is 0 Å². The molecule has 2 rings (SSSR count). The van der Waals surface area contributed by atoms with E-state index in [1.807, 2.05) is 19.3 Å². The van der Waals surface area contributed by atoms with Gasteiger partial charge < -0.3 is 10.6 Å². The number of rotatable bonds is 2. The largest absolute Gasteiger partial charge is 0.373 e. The van der Waals surface area contributed by atoms with Crippen LogP contribution in [0.15, 0.2) is 18.3 Å². The van der Waals surface area contributed by atoms with Crippen molar-refractivity contribution < 1.29 is 0 Å². The molecule has 0 aromatic carbocycles. The molecule has 0 amide bonds. The highest BCUT2D eigenvalue weighted by Gasteiger charge is 2.17. The second-order valence-electron chi connectivity index (χ2n) is 3.69.